The summed E-state index contributed by atoms with van der Waals surface area (Å²) >= 11 is 1.53. The topological polar surface area (TPSA) is 71.3 Å². The first-order valence-corrected chi connectivity index (χ1v) is 9.36. The average molecular weight is 361 g/mol. The zero-order valence-electron chi connectivity index (χ0n) is 14.8. The number of amides is 2. The zero-order valence-corrected chi connectivity index (χ0v) is 15.6. The van der Waals surface area contributed by atoms with Crippen molar-refractivity contribution < 1.29 is 9.59 Å². The Labute approximate surface area is 151 Å². The van der Waals surface area contributed by atoms with E-state index < -0.39 is 0 Å². The maximum Gasteiger partial charge on any atom is 0.289 e. The van der Waals surface area contributed by atoms with Crippen LogP contribution in [0.1, 0.15) is 52.3 Å². The van der Waals surface area contributed by atoms with Gasteiger partial charge in [0.2, 0.25) is 0 Å². The maximum absolute atomic E-state index is 12.7. The van der Waals surface area contributed by atoms with Gasteiger partial charge in [-0.15, -0.1) is 11.3 Å². The molecule has 3 heterocycles. The SMILES string of the molecule is CC(C)c1nc(C(=O)N2CCCN(C(=O)c3nccn3C)CC2)cs1. The summed E-state index contributed by atoms with van der Waals surface area (Å²) < 4.78 is 1.72. The predicted octanol–water partition coefficient (Wildman–Crippen LogP) is 1.99. The number of hydrogen-bond donors (Lipinski definition) is 0. The van der Waals surface area contributed by atoms with Crippen molar-refractivity contribution >= 4 is 23.2 Å². The largest absolute Gasteiger partial charge is 0.335 e. The van der Waals surface area contributed by atoms with E-state index in [1.54, 1.807) is 26.8 Å². The molecule has 0 radical (unpaired) electrons. The van der Waals surface area contributed by atoms with Gasteiger partial charge < -0.3 is 14.4 Å². The predicted molar refractivity (Wildman–Crippen MR) is 95.8 cm³/mol. The van der Waals surface area contributed by atoms with Gasteiger partial charge in [-0.3, -0.25) is 9.59 Å². The van der Waals surface area contributed by atoms with Gasteiger partial charge in [-0.2, -0.15) is 0 Å². The molecule has 8 heteroatoms. The number of nitrogens with zero attached hydrogens (tertiary/aromatic N) is 5. The fraction of sp³-hybridized carbons (Fsp3) is 0.529. The Morgan fingerprint density at radius 1 is 1.12 bits per heavy atom. The fourth-order valence-corrected chi connectivity index (χ4v) is 3.66. The van der Waals surface area contributed by atoms with Gasteiger partial charge in [0.15, 0.2) is 5.82 Å². The highest BCUT2D eigenvalue weighted by Gasteiger charge is 2.26. The Bertz CT molecular complexity index is 767. The summed E-state index contributed by atoms with van der Waals surface area (Å²) in [5, 5.41) is 2.81. The molecule has 2 aromatic rings. The molecule has 0 aromatic carbocycles. The standard InChI is InChI=1S/C17H23N5O2S/c1-12(2)15-19-13(11-25-15)16(23)21-6-4-7-22(10-9-21)17(24)14-18-5-8-20(14)3/h5,8,11-12H,4,6-7,9-10H2,1-3H3. The molecule has 1 saturated heterocycles. The molecule has 2 aromatic heterocycles. The molecule has 25 heavy (non-hydrogen) atoms. The number of aromatic nitrogens is 3. The van der Waals surface area contributed by atoms with Crippen LogP contribution in [-0.4, -0.2) is 62.3 Å². The zero-order chi connectivity index (χ0) is 18.0. The lowest BCUT2D eigenvalue weighted by Crippen LogP contribution is -2.38. The quantitative estimate of drug-likeness (QED) is 0.838. The second-order valence-corrected chi connectivity index (χ2v) is 7.42. The molecule has 1 aliphatic heterocycles. The molecule has 2 amide bonds. The molecule has 1 fully saturated rings. The van der Waals surface area contributed by atoms with Crippen LogP contribution in [-0.2, 0) is 7.05 Å². The van der Waals surface area contributed by atoms with Crippen LogP contribution in [0.4, 0.5) is 0 Å². The number of rotatable bonds is 3. The first-order chi connectivity index (χ1) is 12.0. The monoisotopic (exact) mass is 361 g/mol. The third kappa shape index (κ3) is 3.73. The lowest BCUT2D eigenvalue weighted by atomic mass is 10.2. The van der Waals surface area contributed by atoms with E-state index in [-0.39, 0.29) is 11.8 Å². The van der Waals surface area contributed by atoms with E-state index >= 15 is 0 Å². The number of imidazole rings is 1. The van der Waals surface area contributed by atoms with Crippen molar-refractivity contribution in [2.75, 3.05) is 26.2 Å². The van der Waals surface area contributed by atoms with Gasteiger partial charge in [0.1, 0.15) is 5.69 Å². The molecule has 1 aliphatic rings. The molecule has 0 unspecified atom stereocenters. The Morgan fingerprint density at radius 2 is 1.80 bits per heavy atom. The Morgan fingerprint density at radius 3 is 2.36 bits per heavy atom. The normalized spacial score (nSPS) is 15.5. The number of hydrogen-bond acceptors (Lipinski definition) is 5. The second kappa shape index (κ2) is 7.35. The first kappa shape index (κ1) is 17.6. The summed E-state index contributed by atoms with van der Waals surface area (Å²) in [6.07, 6.45) is 4.13. The molecule has 0 aliphatic carbocycles. The summed E-state index contributed by atoms with van der Waals surface area (Å²) in [6.45, 7) is 6.43. The highest BCUT2D eigenvalue weighted by Crippen LogP contribution is 2.20. The van der Waals surface area contributed by atoms with Crippen molar-refractivity contribution in [1.82, 2.24) is 24.3 Å². The van der Waals surface area contributed by atoms with E-state index in [4.69, 9.17) is 0 Å². The van der Waals surface area contributed by atoms with Crippen LogP contribution in [0.2, 0.25) is 0 Å². The molecule has 0 N–H and O–H groups in total. The summed E-state index contributed by atoms with van der Waals surface area (Å²) in [6, 6.07) is 0. The van der Waals surface area contributed by atoms with Gasteiger partial charge in [-0.1, -0.05) is 13.8 Å². The van der Waals surface area contributed by atoms with Gasteiger partial charge in [0, 0.05) is 56.9 Å². The highest BCUT2D eigenvalue weighted by molar-refractivity contribution is 7.09. The van der Waals surface area contributed by atoms with Crippen LogP contribution in [0.15, 0.2) is 17.8 Å². The number of carbonyl (C=O) groups excluding carboxylic acids is 2. The van der Waals surface area contributed by atoms with Crippen molar-refractivity contribution in [2.24, 2.45) is 7.05 Å². The summed E-state index contributed by atoms with van der Waals surface area (Å²) in [7, 11) is 1.81. The molecule has 0 atom stereocenters. The van der Waals surface area contributed by atoms with Crippen LogP contribution in [0.3, 0.4) is 0 Å². The molecule has 3 rings (SSSR count). The highest BCUT2D eigenvalue weighted by atomic mass is 32.1. The molecular formula is C17H23N5O2S. The molecule has 0 spiro atoms. The van der Waals surface area contributed by atoms with Crippen LogP contribution in [0.5, 0.6) is 0 Å². The van der Waals surface area contributed by atoms with E-state index in [9.17, 15) is 9.59 Å². The molecule has 7 nitrogen and oxygen atoms in total. The summed E-state index contributed by atoms with van der Waals surface area (Å²) in [5.74, 6) is 0.620. The minimum atomic E-state index is -0.0856. The lowest BCUT2D eigenvalue weighted by molar-refractivity contribution is 0.0708. The van der Waals surface area contributed by atoms with E-state index in [0.717, 1.165) is 11.4 Å². The lowest BCUT2D eigenvalue weighted by Gasteiger charge is -2.21. The van der Waals surface area contributed by atoms with Crippen LogP contribution in [0, 0.1) is 0 Å². The fourth-order valence-electron chi connectivity index (χ4n) is 2.85. The minimum Gasteiger partial charge on any atom is -0.335 e. The van der Waals surface area contributed by atoms with Crippen molar-refractivity contribution in [3.05, 3.63) is 34.3 Å². The number of aryl methyl sites for hydroxylation is 1. The molecule has 134 valence electrons. The first-order valence-electron chi connectivity index (χ1n) is 8.48. The van der Waals surface area contributed by atoms with Crippen molar-refractivity contribution in [2.45, 2.75) is 26.2 Å². The Kier molecular flexibility index (Phi) is 5.17. The smallest absolute Gasteiger partial charge is 0.289 e. The van der Waals surface area contributed by atoms with Gasteiger partial charge in [0.05, 0.1) is 5.01 Å². The Balaban J connectivity index is 1.65. The average Bonchev–Trinajstić information content (AvgIpc) is 3.17. The Hall–Kier alpha value is -2.22. The van der Waals surface area contributed by atoms with Crippen molar-refractivity contribution in [3.63, 3.8) is 0 Å². The summed E-state index contributed by atoms with van der Waals surface area (Å²) in [4.78, 5) is 37.4. The van der Waals surface area contributed by atoms with Crippen LogP contribution >= 0.6 is 11.3 Å². The maximum atomic E-state index is 12.7. The van der Waals surface area contributed by atoms with Crippen LogP contribution in [0.25, 0.3) is 0 Å². The number of thiazole rings is 1. The second-order valence-electron chi connectivity index (χ2n) is 6.53. The third-order valence-corrected chi connectivity index (χ3v) is 5.46. The van der Waals surface area contributed by atoms with E-state index in [1.807, 2.05) is 12.4 Å². The minimum absolute atomic E-state index is 0.0468. The summed E-state index contributed by atoms with van der Waals surface area (Å²) in [5.41, 5.74) is 0.512. The van der Waals surface area contributed by atoms with Crippen molar-refractivity contribution in [3.8, 4) is 0 Å². The third-order valence-electron chi connectivity index (χ3n) is 4.32. The van der Waals surface area contributed by atoms with Crippen molar-refractivity contribution in [1.29, 1.82) is 0 Å². The molecular weight excluding hydrogens is 338 g/mol. The van der Waals surface area contributed by atoms with Gasteiger partial charge in [-0.25, -0.2) is 9.97 Å². The van der Waals surface area contributed by atoms with Crippen LogP contribution < -0.4 is 0 Å². The van der Waals surface area contributed by atoms with E-state index in [0.29, 0.717) is 43.6 Å². The van der Waals surface area contributed by atoms with E-state index in [1.165, 1.54) is 11.3 Å². The molecule has 0 saturated carbocycles. The van der Waals surface area contributed by atoms with Gasteiger partial charge >= 0.3 is 0 Å². The number of carbonyl (C=O) groups is 2. The molecule has 0 bridgehead atoms. The van der Waals surface area contributed by atoms with E-state index in [2.05, 4.69) is 23.8 Å². The van der Waals surface area contributed by atoms with Gasteiger partial charge in [-0.05, 0) is 6.42 Å². The van der Waals surface area contributed by atoms with Gasteiger partial charge in [0.25, 0.3) is 11.8 Å².